The summed E-state index contributed by atoms with van der Waals surface area (Å²) in [7, 11) is 3.31. The molecule has 0 radical (unpaired) electrons. The number of imidazole rings is 1. The standard InChI is InChI=1S/C24H22N6O2/c1-16-14-29(15-25-16)21-10-9-18(13-22(21)32-3)26-24-27-23-20(8-5-11-30(23)28-24)17-6-4-7-19(12-17)31-2/h4-15H,1-3H3,(H,26,28). The van der Waals surface area contributed by atoms with Crippen molar-refractivity contribution in [2.45, 2.75) is 6.92 Å². The van der Waals surface area contributed by atoms with Gasteiger partial charge in [-0.15, -0.1) is 5.10 Å². The van der Waals surface area contributed by atoms with Crippen molar-refractivity contribution in [3.8, 4) is 28.3 Å². The van der Waals surface area contributed by atoms with Gasteiger partial charge in [0.1, 0.15) is 11.5 Å². The van der Waals surface area contributed by atoms with Crippen LogP contribution in [-0.2, 0) is 0 Å². The van der Waals surface area contributed by atoms with E-state index in [1.807, 2.05) is 78.5 Å². The third-order valence-electron chi connectivity index (χ3n) is 5.17. The van der Waals surface area contributed by atoms with E-state index in [1.165, 1.54) is 0 Å². The molecule has 0 aliphatic rings. The summed E-state index contributed by atoms with van der Waals surface area (Å²) >= 11 is 0. The maximum Gasteiger partial charge on any atom is 0.247 e. The molecule has 0 fully saturated rings. The molecule has 3 aromatic heterocycles. The fourth-order valence-electron chi connectivity index (χ4n) is 3.63. The molecule has 3 heterocycles. The first kappa shape index (κ1) is 19.6. The van der Waals surface area contributed by atoms with E-state index in [0.29, 0.717) is 11.7 Å². The van der Waals surface area contributed by atoms with Gasteiger partial charge < -0.3 is 19.4 Å². The predicted octanol–water partition coefficient (Wildman–Crippen LogP) is 4.65. The molecule has 5 aromatic rings. The van der Waals surface area contributed by atoms with Gasteiger partial charge in [0.05, 0.1) is 31.9 Å². The molecule has 8 nitrogen and oxygen atoms in total. The first-order valence-electron chi connectivity index (χ1n) is 10.1. The van der Waals surface area contributed by atoms with Crippen molar-refractivity contribution in [1.82, 2.24) is 24.1 Å². The van der Waals surface area contributed by atoms with Gasteiger partial charge in [0.25, 0.3) is 0 Å². The highest BCUT2D eigenvalue weighted by molar-refractivity contribution is 5.79. The zero-order chi connectivity index (χ0) is 22.1. The van der Waals surface area contributed by atoms with Crippen LogP contribution in [0.3, 0.4) is 0 Å². The fraction of sp³-hybridized carbons (Fsp3) is 0.125. The van der Waals surface area contributed by atoms with Crippen LogP contribution in [0.25, 0.3) is 22.5 Å². The number of benzene rings is 2. The number of hydrogen-bond acceptors (Lipinski definition) is 6. The summed E-state index contributed by atoms with van der Waals surface area (Å²) in [6.45, 7) is 1.95. The summed E-state index contributed by atoms with van der Waals surface area (Å²) in [5.41, 5.74) is 5.39. The van der Waals surface area contributed by atoms with Gasteiger partial charge in [-0.25, -0.2) is 9.50 Å². The second kappa shape index (κ2) is 8.07. The van der Waals surface area contributed by atoms with Gasteiger partial charge in [-0.05, 0) is 48.9 Å². The summed E-state index contributed by atoms with van der Waals surface area (Å²) in [4.78, 5) is 9.01. The number of ether oxygens (including phenoxy) is 2. The first-order chi connectivity index (χ1) is 15.6. The predicted molar refractivity (Wildman–Crippen MR) is 123 cm³/mol. The molecule has 0 aliphatic heterocycles. The summed E-state index contributed by atoms with van der Waals surface area (Å²) in [6, 6.07) is 17.7. The number of methoxy groups -OCH3 is 2. The number of nitrogens with one attached hydrogen (secondary N) is 1. The van der Waals surface area contributed by atoms with Crippen molar-refractivity contribution >= 4 is 17.3 Å². The fourth-order valence-corrected chi connectivity index (χ4v) is 3.63. The van der Waals surface area contributed by atoms with E-state index in [9.17, 15) is 0 Å². The van der Waals surface area contributed by atoms with Crippen molar-refractivity contribution in [2.75, 3.05) is 19.5 Å². The topological polar surface area (TPSA) is 78.5 Å². The number of fused-ring (bicyclic) bond motifs is 1. The molecule has 0 unspecified atom stereocenters. The third-order valence-corrected chi connectivity index (χ3v) is 5.17. The van der Waals surface area contributed by atoms with E-state index in [0.717, 1.165) is 39.6 Å². The number of rotatable bonds is 6. The van der Waals surface area contributed by atoms with Crippen molar-refractivity contribution in [1.29, 1.82) is 0 Å². The van der Waals surface area contributed by atoms with Crippen LogP contribution in [0.5, 0.6) is 11.5 Å². The Morgan fingerprint density at radius 1 is 0.969 bits per heavy atom. The Labute approximate surface area is 185 Å². The van der Waals surface area contributed by atoms with Crippen molar-refractivity contribution in [2.24, 2.45) is 0 Å². The average molecular weight is 426 g/mol. The Kier molecular flexibility index (Phi) is 4.95. The number of anilines is 2. The summed E-state index contributed by atoms with van der Waals surface area (Å²) in [5.74, 6) is 2.00. The molecule has 8 heteroatoms. The highest BCUT2D eigenvalue weighted by Gasteiger charge is 2.12. The second-order valence-electron chi connectivity index (χ2n) is 7.29. The Hall–Kier alpha value is -4.33. The van der Waals surface area contributed by atoms with E-state index < -0.39 is 0 Å². The SMILES string of the molecule is COc1cccc(-c2cccn3nc(Nc4ccc(-n5cnc(C)c5)c(OC)c4)nc23)c1. The smallest absolute Gasteiger partial charge is 0.247 e. The van der Waals surface area contributed by atoms with Gasteiger partial charge in [-0.2, -0.15) is 4.98 Å². The Morgan fingerprint density at radius 2 is 1.88 bits per heavy atom. The van der Waals surface area contributed by atoms with Crippen LogP contribution in [0.15, 0.2) is 73.3 Å². The Morgan fingerprint density at radius 3 is 2.66 bits per heavy atom. The maximum absolute atomic E-state index is 5.60. The van der Waals surface area contributed by atoms with E-state index in [1.54, 1.807) is 25.1 Å². The molecule has 0 spiro atoms. The minimum absolute atomic E-state index is 0.494. The lowest BCUT2D eigenvalue weighted by atomic mass is 10.1. The van der Waals surface area contributed by atoms with Gasteiger partial charge in [-0.3, -0.25) is 0 Å². The molecule has 2 aromatic carbocycles. The second-order valence-corrected chi connectivity index (χ2v) is 7.29. The van der Waals surface area contributed by atoms with E-state index in [-0.39, 0.29) is 0 Å². The molecular formula is C24H22N6O2. The highest BCUT2D eigenvalue weighted by Crippen LogP contribution is 2.30. The molecule has 0 saturated heterocycles. The van der Waals surface area contributed by atoms with Crippen LogP contribution in [0.1, 0.15) is 5.69 Å². The van der Waals surface area contributed by atoms with Crippen molar-refractivity contribution < 1.29 is 9.47 Å². The average Bonchev–Trinajstić information content (AvgIpc) is 3.44. The van der Waals surface area contributed by atoms with Gasteiger partial charge in [0.15, 0.2) is 5.65 Å². The van der Waals surface area contributed by atoms with E-state index in [4.69, 9.17) is 14.5 Å². The summed E-state index contributed by atoms with van der Waals surface area (Å²) in [6.07, 6.45) is 5.60. The van der Waals surface area contributed by atoms with Crippen LogP contribution in [0, 0.1) is 6.92 Å². The molecule has 0 amide bonds. The summed E-state index contributed by atoms with van der Waals surface area (Å²) < 4.78 is 14.7. The Balaban J connectivity index is 1.48. The lowest BCUT2D eigenvalue weighted by molar-refractivity contribution is 0.413. The normalized spacial score (nSPS) is 11.0. The summed E-state index contributed by atoms with van der Waals surface area (Å²) in [5, 5.41) is 7.86. The maximum atomic E-state index is 5.60. The van der Waals surface area contributed by atoms with Crippen LogP contribution < -0.4 is 14.8 Å². The monoisotopic (exact) mass is 426 g/mol. The van der Waals surface area contributed by atoms with Crippen LogP contribution in [-0.4, -0.2) is 38.4 Å². The molecule has 0 saturated carbocycles. The number of nitrogens with zero attached hydrogens (tertiary/aromatic N) is 5. The lowest BCUT2D eigenvalue weighted by Gasteiger charge is -2.11. The molecule has 5 rings (SSSR count). The molecule has 32 heavy (non-hydrogen) atoms. The van der Waals surface area contributed by atoms with E-state index >= 15 is 0 Å². The zero-order valence-electron chi connectivity index (χ0n) is 18.0. The van der Waals surface area contributed by atoms with Crippen molar-refractivity contribution in [3.63, 3.8) is 0 Å². The molecule has 160 valence electrons. The molecule has 0 bridgehead atoms. The van der Waals surface area contributed by atoms with Gasteiger partial charge in [0.2, 0.25) is 5.95 Å². The molecule has 0 atom stereocenters. The Bertz CT molecular complexity index is 1400. The van der Waals surface area contributed by atoms with Gasteiger partial charge in [-0.1, -0.05) is 12.1 Å². The van der Waals surface area contributed by atoms with E-state index in [2.05, 4.69) is 15.4 Å². The minimum atomic E-state index is 0.494. The van der Waals surface area contributed by atoms with Gasteiger partial charge >= 0.3 is 0 Å². The van der Waals surface area contributed by atoms with Crippen molar-refractivity contribution in [3.05, 3.63) is 79.0 Å². The number of aromatic nitrogens is 5. The lowest BCUT2D eigenvalue weighted by Crippen LogP contribution is -1.98. The van der Waals surface area contributed by atoms with Gasteiger partial charge in [0, 0.05) is 29.7 Å². The van der Waals surface area contributed by atoms with Crippen LogP contribution >= 0.6 is 0 Å². The third kappa shape index (κ3) is 3.62. The largest absolute Gasteiger partial charge is 0.497 e. The minimum Gasteiger partial charge on any atom is -0.497 e. The quantitative estimate of drug-likeness (QED) is 0.426. The molecular weight excluding hydrogens is 404 g/mol. The first-order valence-corrected chi connectivity index (χ1v) is 10.1. The molecule has 1 N–H and O–H groups in total. The zero-order valence-corrected chi connectivity index (χ0v) is 18.0. The number of aryl methyl sites for hydroxylation is 1. The number of hydrogen-bond donors (Lipinski definition) is 1. The van der Waals surface area contributed by atoms with Crippen LogP contribution in [0.4, 0.5) is 11.6 Å². The molecule has 0 aliphatic carbocycles. The highest BCUT2D eigenvalue weighted by atomic mass is 16.5. The van der Waals surface area contributed by atoms with Crippen LogP contribution in [0.2, 0.25) is 0 Å². The number of pyridine rings is 1.